The largest absolute Gasteiger partial charge is 0.480 e. The van der Waals surface area contributed by atoms with Crippen molar-refractivity contribution in [3.05, 3.63) is 60.0 Å². The summed E-state index contributed by atoms with van der Waals surface area (Å²) in [6.45, 7) is 0.575. The van der Waals surface area contributed by atoms with Gasteiger partial charge in [0.2, 0.25) is 0 Å². The monoisotopic (exact) mass is 361 g/mol. The fourth-order valence-electron chi connectivity index (χ4n) is 3.69. The van der Waals surface area contributed by atoms with E-state index < -0.39 is 12.0 Å². The molecule has 0 amide bonds. The minimum atomic E-state index is -0.893. The molecule has 0 spiro atoms. The summed E-state index contributed by atoms with van der Waals surface area (Å²) in [6.07, 6.45) is 2.89. The first kappa shape index (κ1) is 17.0. The lowest BCUT2D eigenvalue weighted by Gasteiger charge is -2.24. The Morgan fingerprint density at radius 1 is 1.26 bits per heavy atom. The van der Waals surface area contributed by atoms with Crippen LogP contribution in [0.4, 0.5) is 10.2 Å². The standard InChI is InChI=1S/C21H16FN3O2/c22-17-4-1-3-15-19(17)16(14-8-6-13(11-23)7-9-14)12-24-20(15)25-10-2-5-18(25)21(26)27/h1,3-4,6-9,12,18H,2,5,10H2,(H,26,27). The summed E-state index contributed by atoms with van der Waals surface area (Å²) in [5.74, 6) is -0.789. The van der Waals surface area contributed by atoms with E-state index in [1.165, 1.54) is 6.07 Å². The summed E-state index contributed by atoms with van der Waals surface area (Å²) in [4.78, 5) is 17.8. The van der Waals surface area contributed by atoms with Crippen LogP contribution in [0, 0.1) is 17.1 Å². The van der Waals surface area contributed by atoms with Gasteiger partial charge in [0.05, 0.1) is 11.6 Å². The van der Waals surface area contributed by atoms with E-state index in [1.807, 2.05) is 0 Å². The normalized spacial score (nSPS) is 16.4. The van der Waals surface area contributed by atoms with Crippen molar-refractivity contribution in [1.29, 1.82) is 5.26 Å². The molecule has 0 saturated carbocycles. The molecule has 5 nitrogen and oxygen atoms in total. The molecule has 4 rings (SSSR count). The third kappa shape index (κ3) is 2.87. The Bertz CT molecular complexity index is 1070. The van der Waals surface area contributed by atoms with Crippen LogP contribution in [-0.2, 0) is 4.79 Å². The second kappa shape index (κ2) is 6.69. The molecule has 6 heteroatoms. The molecular weight excluding hydrogens is 345 g/mol. The Morgan fingerprint density at radius 2 is 2.04 bits per heavy atom. The molecule has 3 aromatic rings. The van der Waals surface area contributed by atoms with Gasteiger partial charge < -0.3 is 10.0 Å². The highest BCUT2D eigenvalue weighted by Crippen LogP contribution is 2.37. The van der Waals surface area contributed by atoms with E-state index in [9.17, 15) is 14.3 Å². The van der Waals surface area contributed by atoms with Gasteiger partial charge in [-0.25, -0.2) is 14.2 Å². The van der Waals surface area contributed by atoms with Crippen molar-refractivity contribution in [1.82, 2.24) is 4.98 Å². The van der Waals surface area contributed by atoms with Gasteiger partial charge in [0.1, 0.15) is 17.7 Å². The minimum Gasteiger partial charge on any atom is -0.480 e. The SMILES string of the molecule is N#Cc1ccc(-c2cnc(N3CCCC3C(=O)O)c3cccc(F)c23)cc1. The van der Waals surface area contributed by atoms with Crippen molar-refractivity contribution >= 4 is 22.6 Å². The van der Waals surface area contributed by atoms with Gasteiger partial charge in [0.15, 0.2) is 0 Å². The van der Waals surface area contributed by atoms with Crippen LogP contribution in [0.2, 0.25) is 0 Å². The van der Waals surface area contributed by atoms with Crippen LogP contribution in [0.3, 0.4) is 0 Å². The van der Waals surface area contributed by atoms with Gasteiger partial charge in [-0.3, -0.25) is 0 Å². The van der Waals surface area contributed by atoms with E-state index in [2.05, 4.69) is 11.1 Å². The molecule has 1 N–H and O–H groups in total. The minimum absolute atomic E-state index is 0.387. The number of aliphatic carboxylic acids is 1. The van der Waals surface area contributed by atoms with Gasteiger partial charge in [-0.15, -0.1) is 0 Å². The highest BCUT2D eigenvalue weighted by atomic mass is 19.1. The Balaban J connectivity index is 1.91. The zero-order chi connectivity index (χ0) is 19.0. The summed E-state index contributed by atoms with van der Waals surface area (Å²) in [5, 5.41) is 19.4. The fraction of sp³-hybridized carbons (Fsp3) is 0.190. The van der Waals surface area contributed by atoms with Gasteiger partial charge in [0.25, 0.3) is 0 Å². The molecule has 1 atom stereocenters. The van der Waals surface area contributed by atoms with Crippen LogP contribution in [0.25, 0.3) is 21.9 Å². The molecule has 0 bridgehead atoms. The van der Waals surface area contributed by atoms with Crippen molar-refractivity contribution < 1.29 is 14.3 Å². The van der Waals surface area contributed by atoms with E-state index in [0.717, 1.165) is 12.0 Å². The first-order valence-corrected chi connectivity index (χ1v) is 8.67. The Kier molecular flexibility index (Phi) is 4.21. The molecule has 1 aliphatic heterocycles. The molecular formula is C21H16FN3O2. The van der Waals surface area contributed by atoms with E-state index in [0.29, 0.717) is 40.7 Å². The maximum Gasteiger partial charge on any atom is 0.326 e. The molecule has 2 aromatic carbocycles. The second-order valence-electron chi connectivity index (χ2n) is 6.54. The molecule has 134 valence electrons. The van der Waals surface area contributed by atoms with E-state index in [4.69, 9.17) is 5.26 Å². The van der Waals surface area contributed by atoms with Crippen LogP contribution in [-0.4, -0.2) is 28.6 Å². The number of fused-ring (bicyclic) bond motifs is 1. The number of hydrogen-bond acceptors (Lipinski definition) is 4. The number of halogens is 1. The molecule has 0 aliphatic carbocycles. The molecule has 1 unspecified atom stereocenters. The van der Waals surface area contributed by atoms with Crippen molar-refractivity contribution in [3.63, 3.8) is 0 Å². The smallest absolute Gasteiger partial charge is 0.326 e. The number of rotatable bonds is 3. The number of carboxylic acids is 1. The summed E-state index contributed by atoms with van der Waals surface area (Å²) in [7, 11) is 0. The van der Waals surface area contributed by atoms with Crippen LogP contribution >= 0.6 is 0 Å². The van der Waals surface area contributed by atoms with Gasteiger partial charge in [-0.05, 0) is 36.6 Å². The summed E-state index contributed by atoms with van der Waals surface area (Å²) in [5.41, 5.74) is 1.89. The third-order valence-corrected chi connectivity index (χ3v) is 4.97. The Hall–Kier alpha value is -3.46. The number of hydrogen-bond donors (Lipinski definition) is 1. The molecule has 1 saturated heterocycles. The summed E-state index contributed by atoms with van der Waals surface area (Å²) < 4.78 is 14.8. The lowest BCUT2D eigenvalue weighted by Crippen LogP contribution is -2.36. The Morgan fingerprint density at radius 3 is 2.74 bits per heavy atom. The van der Waals surface area contributed by atoms with Gasteiger partial charge in [-0.2, -0.15) is 5.26 Å². The maximum absolute atomic E-state index is 14.8. The van der Waals surface area contributed by atoms with Crippen molar-refractivity contribution in [3.8, 4) is 17.2 Å². The number of pyridine rings is 1. The number of nitriles is 1. The fourth-order valence-corrected chi connectivity index (χ4v) is 3.69. The zero-order valence-electron chi connectivity index (χ0n) is 14.4. The summed E-state index contributed by atoms with van der Waals surface area (Å²) >= 11 is 0. The lowest BCUT2D eigenvalue weighted by atomic mass is 9.99. The number of carboxylic acid groups (broad SMARTS) is 1. The average Bonchev–Trinajstić information content (AvgIpc) is 3.17. The average molecular weight is 361 g/mol. The van der Waals surface area contributed by atoms with E-state index in [1.54, 1.807) is 47.5 Å². The highest BCUT2D eigenvalue weighted by Gasteiger charge is 2.32. The third-order valence-electron chi connectivity index (χ3n) is 4.97. The second-order valence-corrected chi connectivity index (χ2v) is 6.54. The molecule has 1 aromatic heterocycles. The topological polar surface area (TPSA) is 77.2 Å². The van der Waals surface area contributed by atoms with Crippen molar-refractivity contribution in [2.24, 2.45) is 0 Å². The highest BCUT2D eigenvalue weighted by molar-refractivity contribution is 6.03. The predicted octanol–water partition coefficient (Wildman–Crippen LogP) is 3.97. The number of benzene rings is 2. The zero-order valence-corrected chi connectivity index (χ0v) is 14.4. The van der Waals surface area contributed by atoms with Gasteiger partial charge in [-0.1, -0.05) is 24.3 Å². The summed E-state index contributed by atoms with van der Waals surface area (Å²) in [6, 6.07) is 13.1. The van der Waals surface area contributed by atoms with Crippen LogP contribution < -0.4 is 4.90 Å². The molecule has 1 fully saturated rings. The van der Waals surface area contributed by atoms with E-state index >= 15 is 0 Å². The Labute approximate surface area is 155 Å². The molecule has 2 heterocycles. The molecule has 0 radical (unpaired) electrons. The first-order valence-electron chi connectivity index (χ1n) is 8.67. The molecule has 27 heavy (non-hydrogen) atoms. The van der Waals surface area contributed by atoms with Crippen LogP contribution in [0.15, 0.2) is 48.7 Å². The lowest BCUT2D eigenvalue weighted by molar-refractivity contribution is -0.138. The number of anilines is 1. The number of aromatic nitrogens is 1. The van der Waals surface area contributed by atoms with Gasteiger partial charge in [0, 0.05) is 29.1 Å². The van der Waals surface area contributed by atoms with Crippen LogP contribution in [0.5, 0.6) is 0 Å². The number of carbonyl (C=O) groups is 1. The van der Waals surface area contributed by atoms with Crippen LogP contribution in [0.1, 0.15) is 18.4 Å². The van der Waals surface area contributed by atoms with Gasteiger partial charge >= 0.3 is 5.97 Å². The van der Waals surface area contributed by atoms with Crippen molar-refractivity contribution in [2.75, 3.05) is 11.4 Å². The van der Waals surface area contributed by atoms with Crippen molar-refractivity contribution in [2.45, 2.75) is 18.9 Å². The predicted molar refractivity (Wildman–Crippen MR) is 99.9 cm³/mol. The first-order chi connectivity index (χ1) is 13.1. The number of nitrogens with zero attached hydrogens (tertiary/aromatic N) is 3. The molecule has 1 aliphatic rings. The maximum atomic E-state index is 14.8. The van der Waals surface area contributed by atoms with E-state index in [-0.39, 0.29) is 5.82 Å². The quantitative estimate of drug-likeness (QED) is 0.764.